The average Bonchev–Trinajstić information content (AvgIpc) is 2.65. The fourth-order valence-corrected chi connectivity index (χ4v) is 4.50. The highest BCUT2D eigenvalue weighted by Gasteiger charge is 2.28. The predicted molar refractivity (Wildman–Crippen MR) is 102 cm³/mol. The molecule has 0 saturated carbocycles. The SMILES string of the molecule is CCOP(=O)(Cc1ccccc1C)Oc1ccccc1-c1cncnc1. The van der Waals surface area contributed by atoms with E-state index in [0.717, 1.165) is 22.3 Å². The van der Waals surface area contributed by atoms with Gasteiger partial charge in [-0.1, -0.05) is 42.5 Å². The van der Waals surface area contributed by atoms with E-state index in [1.54, 1.807) is 18.5 Å². The van der Waals surface area contributed by atoms with Gasteiger partial charge in [-0.25, -0.2) is 14.5 Å². The summed E-state index contributed by atoms with van der Waals surface area (Å²) in [5.74, 6) is 0.493. The van der Waals surface area contributed by atoms with E-state index in [4.69, 9.17) is 9.05 Å². The summed E-state index contributed by atoms with van der Waals surface area (Å²) in [4.78, 5) is 8.09. The first-order valence-electron chi connectivity index (χ1n) is 8.43. The minimum atomic E-state index is -3.38. The van der Waals surface area contributed by atoms with Gasteiger partial charge < -0.3 is 4.52 Å². The third-order valence-electron chi connectivity index (χ3n) is 3.95. The molecule has 5 nitrogen and oxygen atoms in total. The molecule has 0 aliphatic heterocycles. The number of nitrogens with zero attached hydrogens (tertiary/aromatic N) is 2. The van der Waals surface area contributed by atoms with Gasteiger partial charge in [-0.3, -0.25) is 4.52 Å². The van der Waals surface area contributed by atoms with Crippen LogP contribution in [0.3, 0.4) is 0 Å². The van der Waals surface area contributed by atoms with Crippen LogP contribution in [0.2, 0.25) is 0 Å². The summed E-state index contributed by atoms with van der Waals surface area (Å²) >= 11 is 0. The van der Waals surface area contributed by atoms with Gasteiger partial charge in [0.2, 0.25) is 0 Å². The summed E-state index contributed by atoms with van der Waals surface area (Å²) in [7, 11) is -3.38. The van der Waals surface area contributed by atoms with Crippen LogP contribution in [0, 0.1) is 6.92 Å². The van der Waals surface area contributed by atoms with Crippen LogP contribution in [0.25, 0.3) is 11.1 Å². The summed E-state index contributed by atoms with van der Waals surface area (Å²) in [6, 6.07) is 15.2. The maximum Gasteiger partial charge on any atom is 0.383 e. The van der Waals surface area contributed by atoms with Gasteiger partial charge in [-0.05, 0) is 31.0 Å². The normalized spacial score (nSPS) is 13.2. The Morgan fingerprint density at radius 3 is 2.42 bits per heavy atom. The molecule has 0 N–H and O–H groups in total. The van der Waals surface area contributed by atoms with Gasteiger partial charge in [0.1, 0.15) is 12.1 Å². The van der Waals surface area contributed by atoms with Gasteiger partial charge in [-0.15, -0.1) is 0 Å². The maximum atomic E-state index is 13.4. The van der Waals surface area contributed by atoms with E-state index in [0.29, 0.717) is 12.4 Å². The van der Waals surface area contributed by atoms with Crippen molar-refractivity contribution >= 4 is 7.60 Å². The van der Waals surface area contributed by atoms with E-state index in [1.165, 1.54) is 6.33 Å². The van der Waals surface area contributed by atoms with E-state index in [1.807, 2.05) is 56.3 Å². The molecule has 3 aromatic rings. The number of rotatable bonds is 7. The second kappa shape index (κ2) is 8.26. The lowest BCUT2D eigenvalue weighted by Crippen LogP contribution is -2.03. The summed E-state index contributed by atoms with van der Waals surface area (Å²) in [5, 5.41) is 0. The van der Waals surface area contributed by atoms with Gasteiger partial charge in [0.05, 0.1) is 12.8 Å². The fourth-order valence-electron chi connectivity index (χ4n) is 2.67. The number of aryl methyl sites for hydroxylation is 1. The first-order valence-corrected chi connectivity index (χ1v) is 10.2. The molecule has 2 aromatic carbocycles. The lowest BCUT2D eigenvalue weighted by molar-refractivity contribution is 0.278. The Labute approximate surface area is 153 Å². The molecule has 0 aliphatic rings. The molecule has 0 spiro atoms. The number of para-hydroxylation sites is 1. The summed E-state index contributed by atoms with van der Waals surface area (Å²) < 4.78 is 25.0. The molecule has 0 fully saturated rings. The first kappa shape index (κ1) is 18.3. The van der Waals surface area contributed by atoms with Crippen molar-refractivity contribution in [3.63, 3.8) is 0 Å². The van der Waals surface area contributed by atoms with E-state index < -0.39 is 7.60 Å². The zero-order valence-electron chi connectivity index (χ0n) is 14.8. The number of hydrogen-bond donors (Lipinski definition) is 0. The Hall–Kier alpha value is -2.49. The molecule has 1 atom stereocenters. The van der Waals surface area contributed by atoms with Crippen LogP contribution in [0.4, 0.5) is 0 Å². The Morgan fingerprint density at radius 1 is 1.00 bits per heavy atom. The topological polar surface area (TPSA) is 61.3 Å². The van der Waals surface area contributed by atoms with Crippen LogP contribution in [-0.2, 0) is 15.3 Å². The highest BCUT2D eigenvalue weighted by Crippen LogP contribution is 2.53. The smallest absolute Gasteiger partial charge is 0.383 e. The van der Waals surface area contributed by atoms with Crippen molar-refractivity contribution in [2.24, 2.45) is 0 Å². The lowest BCUT2D eigenvalue weighted by Gasteiger charge is -2.21. The zero-order valence-corrected chi connectivity index (χ0v) is 15.7. The minimum Gasteiger partial charge on any atom is -0.423 e. The van der Waals surface area contributed by atoms with Crippen molar-refractivity contribution in [3.05, 3.63) is 78.4 Å². The van der Waals surface area contributed by atoms with E-state index >= 15 is 0 Å². The van der Waals surface area contributed by atoms with Gasteiger partial charge in [0, 0.05) is 23.5 Å². The Morgan fingerprint density at radius 2 is 1.69 bits per heavy atom. The molecule has 0 saturated heterocycles. The van der Waals surface area contributed by atoms with Crippen molar-refractivity contribution in [1.82, 2.24) is 9.97 Å². The Balaban J connectivity index is 1.94. The molecule has 1 heterocycles. The van der Waals surface area contributed by atoms with Crippen molar-refractivity contribution < 1.29 is 13.6 Å². The van der Waals surface area contributed by atoms with Crippen molar-refractivity contribution in [1.29, 1.82) is 0 Å². The maximum absolute atomic E-state index is 13.4. The van der Waals surface area contributed by atoms with E-state index in [2.05, 4.69) is 9.97 Å². The quantitative estimate of drug-likeness (QED) is 0.532. The fraction of sp³-hybridized carbons (Fsp3) is 0.200. The Bertz CT molecular complexity index is 916. The summed E-state index contributed by atoms with van der Waals surface area (Å²) in [6.45, 7) is 4.10. The molecular formula is C20H21N2O3P. The van der Waals surface area contributed by atoms with Gasteiger partial charge in [0.25, 0.3) is 0 Å². The molecule has 1 unspecified atom stereocenters. The third kappa shape index (κ3) is 4.37. The molecule has 3 rings (SSSR count). The van der Waals surface area contributed by atoms with Crippen LogP contribution in [0.1, 0.15) is 18.1 Å². The zero-order chi connectivity index (χ0) is 18.4. The Kier molecular flexibility index (Phi) is 5.82. The van der Waals surface area contributed by atoms with Crippen molar-refractivity contribution in [3.8, 4) is 16.9 Å². The van der Waals surface area contributed by atoms with Crippen LogP contribution in [-0.4, -0.2) is 16.6 Å². The van der Waals surface area contributed by atoms with Gasteiger partial charge in [0.15, 0.2) is 0 Å². The van der Waals surface area contributed by atoms with E-state index in [9.17, 15) is 4.57 Å². The van der Waals surface area contributed by atoms with Crippen LogP contribution in [0.15, 0.2) is 67.3 Å². The van der Waals surface area contributed by atoms with Crippen molar-refractivity contribution in [2.45, 2.75) is 20.0 Å². The monoisotopic (exact) mass is 368 g/mol. The first-order chi connectivity index (χ1) is 12.6. The molecule has 6 heteroatoms. The predicted octanol–water partition coefficient (Wildman–Crippen LogP) is 5.26. The largest absolute Gasteiger partial charge is 0.423 e. The highest BCUT2D eigenvalue weighted by atomic mass is 31.2. The molecule has 0 amide bonds. The molecule has 26 heavy (non-hydrogen) atoms. The van der Waals surface area contributed by atoms with Gasteiger partial charge >= 0.3 is 7.60 Å². The highest BCUT2D eigenvalue weighted by molar-refractivity contribution is 7.53. The average molecular weight is 368 g/mol. The number of aromatic nitrogens is 2. The van der Waals surface area contributed by atoms with Crippen LogP contribution >= 0.6 is 7.60 Å². The second-order valence-electron chi connectivity index (χ2n) is 5.83. The van der Waals surface area contributed by atoms with Gasteiger partial charge in [-0.2, -0.15) is 0 Å². The van der Waals surface area contributed by atoms with Crippen LogP contribution in [0.5, 0.6) is 5.75 Å². The minimum absolute atomic E-state index is 0.215. The standard InChI is InChI=1S/C20H21N2O3P/c1-3-24-26(23,14-17-9-5-4-8-16(17)2)25-20-11-7-6-10-19(20)18-12-21-15-22-13-18/h4-13,15H,3,14H2,1-2H3. The molecule has 0 aliphatic carbocycles. The molecule has 0 bridgehead atoms. The third-order valence-corrected chi connectivity index (χ3v) is 5.80. The summed E-state index contributed by atoms with van der Waals surface area (Å²) in [5.41, 5.74) is 3.57. The second-order valence-corrected chi connectivity index (χ2v) is 7.81. The van der Waals surface area contributed by atoms with Crippen molar-refractivity contribution in [2.75, 3.05) is 6.61 Å². The molecular weight excluding hydrogens is 347 g/mol. The molecule has 1 aromatic heterocycles. The molecule has 134 valence electrons. The number of hydrogen-bond acceptors (Lipinski definition) is 5. The number of benzene rings is 2. The van der Waals surface area contributed by atoms with E-state index in [-0.39, 0.29) is 6.16 Å². The summed E-state index contributed by atoms with van der Waals surface area (Å²) in [6.07, 6.45) is 5.08. The molecule has 0 radical (unpaired) electrons. The van der Waals surface area contributed by atoms with Crippen LogP contribution < -0.4 is 4.52 Å². The lowest BCUT2D eigenvalue weighted by atomic mass is 10.1.